The Bertz CT molecular complexity index is 343. The van der Waals surface area contributed by atoms with Crippen molar-refractivity contribution in [3.63, 3.8) is 0 Å². The summed E-state index contributed by atoms with van der Waals surface area (Å²) in [5, 5.41) is 0. The summed E-state index contributed by atoms with van der Waals surface area (Å²) in [6.07, 6.45) is 6.33. The van der Waals surface area contributed by atoms with Gasteiger partial charge in [-0.05, 0) is 37.5 Å². The predicted octanol–water partition coefficient (Wildman–Crippen LogP) is 3.74. The van der Waals surface area contributed by atoms with Crippen LogP contribution in [0.15, 0.2) is 30.4 Å². The van der Waals surface area contributed by atoms with E-state index in [1.807, 2.05) is 25.1 Å². The van der Waals surface area contributed by atoms with Gasteiger partial charge in [-0.1, -0.05) is 19.1 Å². The maximum absolute atomic E-state index is 5.64. The monoisotopic (exact) mass is 220 g/mol. The molecule has 0 aliphatic heterocycles. The molecular weight excluding hydrogens is 200 g/mol. The van der Waals surface area contributed by atoms with Gasteiger partial charge in [0.25, 0.3) is 0 Å². The topological polar surface area (TPSA) is 18.5 Å². The van der Waals surface area contributed by atoms with Crippen LogP contribution in [0.4, 0.5) is 0 Å². The van der Waals surface area contributed by atoms with Crippen LogP contribution in [0, 0.1) is 6.92 Å². The van der Waals surface area contributed by atoms with Crippen molar-refractivity contribution in [3.8, 4) is 11.5 Å². The van der Waals surface area contributed by atoms with Gasteiger partial charge in [-0.15, -0.1) is 0 Å². The molecule has 0 amide bonds. The molecule has 1 rings (SSSR count). The fourth-order valence-corrected chi connectivity index (χ4v) is 1.44. The molecule has 0 atom stereocenters. The quantitative estimate of drug-likeness (QED) is 0.537. The number of methoxy groups -OCH3 is 1. The van der Waals surface area contributed by atoms with Crippen LogP contribution in [0.25, 0.3) is 0 Å². The first kappa shape index (κ1) is 12.6. The standard InChI is InChI=1S/C14H20O2/c1-4-5-6-7-8-16-14-10-12(2)9-13(11-14)15-3/h5-6,9-11H,4,7-8H2,1-3H3/b6-5-. The molecule has 0 saturated heterocycles. The molecule has 0 radical (unpaired) electrons. The summed E-state index contributed by atoms with van der Waals surface area (Å²) >= 11 is 0. The number of ether oxygens (including phenoxy) is 2. The smallest absolute Gasteiger partial charge is 0.123 e. The molecule has 0 bridgehead atoms. The Morgan fingerprint density at radius 1 is 1.12 bits per heavy atom. The second-order valence-corrected chi connectivity index (χ2v) is 3.70. The summed E-state index contributed by atoms with van der Waals surface area (Å²) in [6, 6.07) is 5.92. The normalized spacial score (nSPS) is 10.7. The highest BCUT2D eigenvalue weighted by Crippen LogP contribution is 2.22. The van der Waals surface area contributed by atoms with Gasteiger partial charge in [0.05, 0.1) is 13.7 Å². The molecule has 88 valence electrons. The van der Waals surface area contributed by atoms with E-state index in [4.69, 9.17) is 9.47 Å². The van der Waals surface area contributed by atoms with Gasteiger partial charge >= 0.3 is 0 Å². The average Bonchev–Trinajstić information content (AvgIpc) is 2.28. The molecular formula is C14H20O2. The SMILES string of the molecule is CC/C=C\CCOc1cc(C)cc(OC)c1. The highest BCUT2D eigenvalue weighted by molar-refractivity contribution is 5.37. The zero-order valence-corrected chi connectivity index (χ0v) is 10.3. The van der Waals surface area contributed by atoms with Gasteiger partial charge in [-0.2, -0.15) is 0 Å². The van der Waals surface area contributed by atoms with Crippen molar-refractivity contribution in [3.05, 3.63) is 35.9 Å². The lowest BCUT2D eigenvalue weighted by Crippen LogP contribution is -1.96. The first-order valence-electron chi connectivity index (χ1n) is 5.69. The molecule has 0 spiro atoms. The van der Waals surface area contributed by atoms with Gasteiger partial charge < -0.3 is 9.47 Å². The van der Waals surface area contributed by atoms with E-state index in [2.05, 4.69) is 19.1 Å². The minimum atomic E-state index is 0.711. The van der Waals surface area contributed by atoms with Crippen molar-refractivity contribution in [1.82, 2.24) is 0 Å². The highest BCUT2D eigenvalue weighted by atomic mass is 16.5. The minimum absolute atomic E-state index is 0.711. The lowest BCUT2D eigenvalue weighted by molar-refractivity contribution is 0.321. The molecule has 0 heterocycles. The third kappa shape index (κ3) is 4.39. The molecule has 0 saturated carbocycles. The third-order valence-electron chi connectivity index (χ3n) is 2.22. The van der Waals surface area contributed by atoms with Crippen molar-refractivity contribution in [1.29, 1.82) is 0 Å². The molecule has 2 nitrogen and oxygen atoms in total. The van der Waals surface area contributed by atoms with E-state index in [0.29, 0.717) is 6.61 Å². The maximum Gasteiger partial charge on any atom is 0.123 e. The molecule has 16 heavy (non-hydrogen) atoms. The van der Waals surface area contributed by atoms with E-state index in [0.717, 1.165) is 29.9 Å². The summed E-state index contributed by atoms with van der Waals surface area (Å²) in [6.45, 7) is 4.87. The van der Waals surface area contributed by atoms with E-state index in [1.54, 1.807) is 7.11 Å². The number of benzene rings is 1. The molecule has 2 heteroatoms. The molecule has 0 aliphatic rings. The van der Waals surface area contributed by atoms with Gasteiger partial charge in [-0.3, -0.25) is 0 Å². The van der Waals surface area contributed by atoms with Crippen LogP contribution in [0.3, 0.4) is 0 Å². The van der Waals surface area contributed by atoms with E-state index >= 15 is 0 Å². The third-order valence-corrected chi connectivity index (χ3v) is 2.22. The van der Waals surface area contributed by atoms with Gasteiger partial charge in [0.2, 0.25) is 0 Å². The van der Waals surface area contributed by atoms with Crippen LogP contribution in [-0.2, 0) is 0 Å². The minimum Gasteiger partial charge on any atom is -0.497 e. The van der Waals surface area contributed by atoms with Gasteiger partial charge in [0.1, 0.15) is 11.5 Å². The Morgan fingerprint density at radius 3 is 2.56 bits per heavy atom. The fraction of sp³-hybridized carbons (Fsp3) is 0.429. The predicted molar refractivity (Wildman–Crippen MR) is 67.3 cm³/mol. The molecule has 0 unspecified atom stereocenters. The summed E-state index contributed by atoms with van der Waals surface area (Å²) in [4.78, 5) is 0. The van der Waals surface area contributed by atoms with Gasteiger partial charge in [0.15, 0.2) is 0 Å². The van der Waals surface area contributed by atoms with Crippen LogP contribution >= 0.6 is 0 Å². The summed E-state index contributed by atoms with van der Waals surface area (Å²) < 4.78 is 10.8. The number of rotatable bonds is 6. The Labute approximate surface area is 97.9 Å². The molecule has 0 fully saturated rings. The number of hydrogen-bond acceptors (Lipinski definition) is 2. The first-order chi connectivity index (χ1) is 7.76. The largest absolute Gasteiger partial charge is 0.497 e. The average molecular weight is 220 g/mol. The summed E-state index contributed by atoms with van der Waals surface area (Å²) in [7, 11) is 1.67. The number of hydrogen-bond donors (Lipinski definition) is 0. The zero-order valence-electron chi connectivity index (χ0n) is 10.3. The molecule has 0 aromatic heterocycles. The van der Waals surface area contributed by atoms with E-state index in [9.17, 15) is 0 Å². The Hall–Kier alpha value is -1.44. The lowest BCUT2D eigenvalue weighted by atomic mass is 10.2. The fourth-order valence-electron chi connectivity index (χ4n) is 1.44. The molecule has 1 aromatic rings. The van der Waals surface area contributed by atoms with E-state index in [-0.39, 0.29) is 0 Å². The van der Waals surface area contributed by atoms with Crippen LogP contribution in [0.2, 0.25) is 0 Å². The molecule has 0 N–H and O–H groups in total. The van der Waals surface area contributed by atoms with Crippen LogP contribution in [-0.4, -0.2) is 13.7 Å². The second-order valence-electron chi connectivity index (χ2n) is 3.70. The Morgan fingerprint density at radius 2 is 1.88 bits per heavy atom. The van der Waals surface area contributed by atoms with Crippen LogP contribution in [0.5, 0.6) is 11.5 Å². The summed E-state index contributed by atoms with van der Waals surface area (Å²) in [5.74, 6) is 1.72. The van der Waals surface area contributed by atoms with Crippen molar-refractivity contribution < 1.29 is 9.47 Å². The summed E-state index contributed by atoms with van der Waals surface area (Å²) in [5.41, 5.74) is 1.15. The lowest BCUT2D eigenvalue weighted by Gasteiger charge is -2.08. The second kappa shape index (κ2) is 6.94. The highest BCUT2D eigenvalue weighted by Gasteiger charge is 1.98. The zero-order chi connectivity index (χ0) is 11.8. The number of aryl methyl sites for hydroxylation is 1. The van der Waals surface area contributed by atoms with Crippen molar-refractivity contribution >= 4 is 0 Å². The Kier molecular flexibility index (Phi) is 5.48. The van der Waals surface area contributed by atoms with E-state index in [1.165, 1.54) is 0 Å². The van der Waals surface area contributed by atoms with Gasteiger partial charge in [0, 0.05) is 6.07 Å². The van der Waals surface area contributed by atoms with Crippen molar-refractivity contribution in [2.45, 2.75) is 26.7 Å². The Balaban J connectivity index is 2.47. The maximum atomic E-state index is 5.64. The number of allylic oxidation sites excluding steroid dienone is 1. The van der Waals surface area contributed by atoms with Crippen LogP contribution < -0.4 is 9.47 Å². The molecule has 0 aliphatic carbocycles. The van der Waals surface area contributed by atoms with Crippen molar-refractivity contribution in [2.75, 3.05) is 13.7 Å². The first-order valence-corrected chi connectivity index (χ1v) is 5.69. The molecule has 1 aromatic carbocycles. The van der Waals surface area contributed by atoms with Crippen molar-refractivity contribution in [2.24, 2.45) is 0 Å². The van der Waals surface area contributed by atoms with Crippen LogP contribution in [0.1, 0.15) is 25.3 Å². The van der Waals surface area contributed by atoms with E-state index < -0.39 is 0 Å². The van der Waals surface area contributed by atoms with Gasteiger partial charge in [-0.25, -0.2) is 0 Å².